The third kappa shape index (κ3) is 6.43. The SMILES string of the molecule is CCCN=C(N)NC(C)(C)CCC. The van der Waals surface area contributed by atoms with Crippen molar-refractivity contribution in [2.75, 3.05) is 6.54 Å². The quantitative estimate of drug-likeness (QED) is 0.507. The van der Waals surface area contributed by atoms with Gasteiger partial charge in [-0.2, -0.15) is 0 Å². The van der Waals surface area contributed by atoms with Crippen LogP contribution in [0.3, 0.4) is 0 Å². The lowest BCUT2D eigenvalue weighted by atomic mass is 9.99. The van der Waals surface area contributed by atoms with Crippen molar-refractivity contribution in [1.82, 2.24) is 5.32 Å². The molecule has 0 unspecified atom stereocenters. The van der Waals surface area contributed by atoms with Crippen molar-refractivity contribution in [3.63, 3.8) is 0 Å². The molecule has 0 bridgehead atoms. The summed E-state index contributed by atoms with van der Waals surface area (Å²) < 4.78 is 0. The van der Waals surface area contributed by atoms with Crippen LogP contribution in [0.2, 0.25) is 0 Å². The summed E-state index contributed by atoms with van der Waals surface area (Å²) >= 11 is 0. The van der Waals surface area contributed by atoms with Gasteiger partial charge in [-0.05, 0) is 26.7 Å². The highest BCUT2D eigenvalue weighted by molar-refractivity contribution is 5.78. The number of aliphatic imine (C=N–C) groups is 1. The normalized spacial score (nSPS) is 13.1. The minimum Gasteiger partial charge on any atom is -0.370 e. The van der Waals surface area contributed by atoms with Crippen LogP contribution in [0, 0.1) is 0 Å². The molecule has 0 saturated heterocycles. The van der Waals surface area contributed by atoms with Crippen LogP contribution in [0.25, 0.3) is 0 Å². The fourth-order valence-electron chi connectivity index (χ4n) is 1.31. The first-order valence-corrected chi connectivity index (χ1v) is 5.10. The lowest BCUT2D eigenvalue weighted by Crippen LogP contribution is -2.47. The molecular weight excluding hydrogens is 162 g/mol. The summed E-state index contributed by atoms with van der Waals surface area (Å²) in [5, 5.41) is 3.22. The molecule has 78 valence electrons. The Morgan fingerprint density at radius 1 is 1.31 bits per heavy atom. The van der Waals surface area contributed by atoms with Crippen LogP contribution in [0.4, 0.5) is 0 Å². The van der Waals surface area contributed by atoms with Crippen LogP contribution in [0.15, 0.2) is 4.99 Å². The second kappa shape index (κ2) is 5.84. The molecule has 0 aliphatic carbocycles. The maximum absolute atomic E-state index is 5.72. The smallest absolute Gasteiger partial charge is 0.188 e. The molecule has 0 aliphatic rings. The Morgan fingerprint density at radius 3 is 2.38 bits per heavy atom. The van der Waals surface area contributed by atoms with Crippen molar-refractivity contribution in [3.05, 3.63) is 0 Å². The van der Waals surface area contributed by atoms with Gasteiger partial charge in [0, 0.05) is 12.1 Å². The van der Waals surface area contributed by atoms with E-state index in [1.165, 1.54) is 0 Å². The van der Waals surface area contributed by atoms with Crippen molar-refractivity contribution >= 4 is 5.96 Å². The molecule has 3 N–H and O–H groups in total. The van der Waals surface area contributed by atoms with Gasteiger partial charge in [-0.15, -0.1) is 0 Å². The first kappa shape index (κ1) is 12.3. The lowest BCUT2D eigenvalue weighted by molar-refractivity contribution is 0.418. The Kier molecular flexibility index (Phi) is 5.51. The summed E-state index contributed by atoms with van der Waals surface area (Å²) in [7, 11) is 0. The van der Waals surface area contributed by atoms with Gasteiger partial charge >= 0.3 is 0 Å². The number of rotatable bonds is 5. The molecule has 0 fully saturated rings. The van der Waals surface area contributed by atoms with Gasteiger partial charge < -0.3 is 11.1 Å². The molecule has 3 nitrogen and oxygen atoms in total. The molecule has 0 aromatic rings. The molecule has 3 heteroatoms. The van der Waals surface area contributed by atoms with Gasteiger partial charge in [0.05, 0.1) is 0 Å². The standard InChI is InChI=1S/C10H23N3/c1-5-7-10(3,4)13-9(11)12-8-6-2/h5-8H2,1-4H3,(H3,11,12,13). The van der Waals surface area contributed by atoms with Gasteiger partial charge in [0.25, 0.3) is 0 Å². The number of nitrogens with two attached hydrogens (primary N) is 1. The van der Waals surface area contributed by atoms with Crippen LogP contribution >= 0.6 is 0 Å². The van der Waals surface area contributed by atoms with Crippen molar-refractivity contribution < 1.29 is 0 Å². The Balaban J connectivity index is 3.94. The number of nitrogens with zero attached hydrogens (tertiary/aromatic N) is 1. The topological polar surface area (TPSA) is 50.4 Å². The van der Waals surface area contributed by atoms with Gasteiger partial charge in [0.15, 0.2) is 5.96 Å². The molecule has 0 saturated carbocycles. The second-order valence-corrected chi connectivity index (χ2v) is 4.03. The Morgan fingerprint density at radius 2 is 1.92 bits per heavy atom. The monoisotopic (exact) mass is 185 g/mol. The summed E-state index contributed by atoms with van der Waals surface area (Å²) in [6.07, 6.45) is 3.30. The van der Waals surface area contributed by atoms with Crippen molar-refractivity contribution in [3.8, 4) is 0 Å². The Labute approximate surface area is 81.8 Å². The summed E-state index contributed by atoms with van der Waals surface area (Å²) in [5.74, 6) is 0.570. The molecule has 0 amide bonds. The molecular formula is C10H23N3. The van der Waals surface area contributed by atoms with Gasteiger partial charge in [-0.3, -0.25) is 4.99 Å². The van der Waals surface area contributed by atoms with Crippen molar-refractivity contribution in [2.45, 2.75) is 52.5 Å². The summed E-state index contributed by atoms with van der Waals surface area (Å²) in [6.45, 7) is 9.35. The Bertz CT molecular complexity index is 162. The zero-order valence-corrected chi connectivity index (χ0v) is 9.35. The van der Waals surface area contributed by atoms with E-state index in [1.807, 2.05) is 0 Å². The molecule has 0 atom stereocenters. The highest BCUT2D eigenvalue weighted by atomic mass is 15.1. The van der Waals surface area contributed by atoms with Crippen LogP contribution in [0.5, 0.6) is 0 Å². The average Bonchev–Trinajstić information content (AvgIpc) is 1.99. The summed E-state index contributed by atoms with van der Waals surface area (Å²) in [6, 6.07) is 0. The predicted molar refractivity (Wildman–Crippen MR) is 58.9 cm³/mol. The van der Waals surface area contributed by atoms with Crippen LogP contribution in [-0.2, 0) is 0 Å². The van der Waals surface area contributed by atoms with Crippen molar-refractivity contribution in [2.24, 2.45) is 10.7 Å². The molecule has 0 aliphatic heterocycles. The van der Waals surface area contributed by atoms with Crippen LogP contribution in [0.1, 0.15) is 47.0 Å². The van der Waals surface area contributed by atoms with E-state index in [0.29, 0.717) is 5.96 Å². The minimum atomic E-state index is 0.0656. The largest absolute Gasteiger partial charge is 0.370 e. The van der Waals surface area contributed by atoms with E-state index in [2.05, 4.69) is 38.0 Å². The lowest BCUT2D eigenvalue weighted by Gasteiger charge is -2.26. The first-order chi connectivity index (χ1) is 6.02. The third-order valence-electron chi connectivity index (χ3n) is 1.85. The molecule has 0 spiro atoms. The number of guanidine groups is 1. The number of hydrogen-bond acceptors (Lipinski definition) is 1. The third-order valence-corrected chi connectivity index (χ3v) is 1.85. The Hall–Kier alpha value is -0.730. The summed E-state index contributed by atoms with van der Waals surface area (Å²) in [4.78, 5) is 4.19. The summed E-state index contributed by atoms with van der Waals surface area (Å²) in [5.41, 5.74) is 5.78. The van der Waals surface area contributed by atoms with Crippen LogP contribution < -0.4 is 11.1 Å². The maximum atomic E-state index is 5.72. The second-order valence-electron chi connectivity index (χ2n) is 4.03. The fourth-order valence-corrected chi connectivity index (χ4v) is 1.31. The van der Waals surface area contributed by atoms with Gasteiger partial charge in [-0.25, -0.2) is 0 Å². The van der Waals surface area contributed by atoms with E-state index >= 15 is 0 Å². The molecule has 13 heavy (non-hydrogen) atoms. The van der Waals surface area contributed by atoms with Gasteiger partial charge in [0.1, 0.15) is 0 Å². The maximum Gasteiger partial charge on any atom is 0.188 e. The zero-order valence-electron chi connectivity index (χ0n) is 9.35. The van der Waals surface area contributed by atoms with E-state index in [-0.39, 0.29) is 5.54 Å². The molecule has 0 rings (SSSR count). The van der Waals surface area contributed by atoms with E-state index in [1.54, 1.807) is 0 Å². The predicted octanol–water partition coefficient (Wildman–Crippen LogP) is 1.88. The number of hydrogen-bond donors (Lipinski definition) is 2. The van der Waals surface area contributed by atoms with Gasteiger partial charge in [-0.1, -0.05) is 20.3 Å². The fraction of sp³-hybridized carbons (Fsp3) is 0.900. The van der Waals surface area contributed by atoms with Crippen molar-refractivity contribution in [1.29, 1.82) is 0 Å². The molecule has 0 aromatic heterocycles. The van der Waals surface area contributed by atoms with Crippen LogP contribution in [-0.4, -0.2) is 18.0 Å². The van der Waals surface area contributed by atoms with E-state index in [4.69, 9.17) is 5.73 Å². The zero-order chi connectivity index (χ0) is 10.3. The van der Waals surface area contributed by atoms with E-state index in [0.717, 1.165) is 25.8 Å². The van der Waals surface area contributed by atoms with Gasteiger partial charge in [0.2, 0.25) is 0 Å². The minimum absolute atomic E-state index is 0.0656. The van der Waals surface area contributed by atoms with E-state index < -0.39 is 0 Å². The number of nitrogens with one attached hydrogen (secondary N) is 1. The highest BCUT2D eigenvalue weighted by Crippen LogP contribution is 2.09. The molecule has 0 aromatic carbocycles. The molecule has 0 heterocycles. The first-order valence-electron chi connectivity index (χ1n) is 5.10. The highest BCUT2D eigenvalue weighted by Gasteiger charge is 2.16. The molecule has 0 radical (unpaired) electrons. The van der Waals surface area contributed by atoms with E-state index in [9.17, 15) is 0 Å². The average molecular weight is 185 g/mol.